The first-order valence-corrected chi connectivity index (χ1v) is 8.33. The van der Waals surface area contributed by atoms with Gasteiger partial charge >= 0.3 is 0 Å². The van der Waals surface area contributed by atoms with Crippen LogP contribution in [-0.2, 0) is 9.53 Å². The van der Waals surface area contributed by atoms with Crippen molar-refractivity contribution in [2.45, 2.75) is 31.0 Å². The van der Waals surface area contributed by atoms with E-state index in [4.69, 9.17) is 4.74 Å². The molecule has 2 aromatic rings. The number of carbonyl (C=O) groups is 1. The van der Waals surface area contributed by atoms with E-state index in [0.29, 0.717) is 6.04 Å². The Balaban J connectivity index is 1.71. The van der Waals surface area contributed by atoms with Gasteiger partial charge in [0.25, 0.3) is 5.91 Å². The smallest absolute Gasteiger partial charge is 0.253 e. The lowest BCUT2D eigenvalue weighted by Crippen LogP contribution is -2.43. The van der Waals surface area contributed by atoms with Crippen molar-refractivity contribution in [3.8, 4) is 0 Å². The van der Waals surface area contributed by atoms with Crippen LogP contribution in [0.3, 0.4) is 0 Å². The van der Waals surface area contributed by atoms with Crippen LogP contribution in [0, 0.1) is 0 Å². The van der Waals surface area contributed by atoms with Gasteiger partial charge in [-0.1, -0.05) is 36.4 Å². The summed E-state index contributed by atoms with van der Waals surface area (Å²) < 4.78 is 5.62. The lowest BCUT2D eigenvalue weighted by atomic mass is 9.97. The molecule has 23 heavy (non-hydrogen) atoms. The molecule has 0 aromatic heterocycles. The van der Waals surface area contributed by atoms with Gasteiger partial charge in [0.2, 0.25) is 0 Å². The first-order chi connectivity index (χ1) is 11.3. The summed E-state index contributed by atoms with van der Waals surface area (Å²) in [6.45, 7) is 1.69. The number of amides is 1. The molecule has 3 atom stereocenters. The molecule has 2 saturated heterocycles. The number of methoxy groups -OCH3 is 1. The second-order valence-electron chi connectivity index (χ2n) is 6.48. The average Bonchev–Trinajstić information content (AvgIpc) is 3.01. The molecule has 2 aromatic carbocycles. The number of nitrogens with zero attached hydrogens (tertiary/aromatic N) is 1. The number of fused-ring (bicyclic) bond motifs is 2. The molecule has 0 aliphatic carbocycles. The van der Waals surface area contributed by atoms with Crippen molar-refractivity contribution in [1.82, 2.24) is 10.2 Å². The van der Waals surface area contributed by atoms with Crippen molar-refractivity contribution in [2.75, 3.05) is 20.2 Å². The van der Waals surface area contributed by atoms with Crippen molar-refractivity contribution in [3.63, 3.8) is 0 Å². The fourth-order valence-corrected chi connectivity index (χ4v) is 3.94. The van der Waals surface area contributed by atoms with E-state index in [1.165, 1.54) is 10.8 Å². The standard InChI is InChI=1S/C19H22N2O2/c1-23-18-17(20-12-16-7-4-10-21(16)19(18)22)15-9-8-13-5-2-3-6-14(13)11-15/h2-3,5-6,8-9,11,16-18,20H,4,7,10,12H2,1H3/t16-,17-,18+/m0/s1. The number of hydrogen-bond donors (Lipinski definition) is 1. The number of ether oxygens (including phenoxy) is 1. The summed E-state index contributed by atoms with van der Waals surface area (Å²) in [5.74, 6) is 0.123. The molecule has 0 unspecified atom stereocenters. The molecule has 2 fully saturated rings. The van der Waals surface area contributed by atoms with Crippen molar-refractivity contribution < 1.29 is 9.53 Å². The molecule has 4 heteroatoms. The molecule has 0 spiro atoms. The van der Waals surface area contributed by atoms with Crippen molar-refractivity contribution in [3.05, 3.63) is 48.0 Å². The second-order valence-corrected chi connectivity index (χ2v) is 6.48. The molecule has 1 amide bonds. The van der Waals surface area contributed by atoms with E-state index in [1.54, 1.807) is 7.11 Å². The minimum atomic E-state index is -0.459. The van der Waals surface area contributed by atoms with Crippen LogP contribution in [0.4, 0.5) is 0 Å². The minimum absolute atomic E-state index is 0.0947. The quantitative estimate of drug-likeness (QED) is 0.926. The maximum absolute atomic E-state index is 12.9. The van der Waals surface area contributed by atoms with Crippen LogP contribution in [0.2, 0.25) is 0 Å². The van der Waals surface area contributed by atoms with Gasteiger partial charge < -0.3 is 15.0 Å². The highest BCUT2D eigenvalue weighted by Gasteiger charge is 2.41. The van der Waals surface area contributed by atoms with Crippen LogP contribution in [0.1, 0.15) is 24.4 Å². The van der Waals surface area contributed by atoms with Crippen LogP contribution in [-0.4, -0.2) is 43.2 Å². The Morgan fingerprint density at radius 1 is 1.17 bits per heavy atom. The Hall–Kier alpha value is -1.91. The molecule has 0 bridgehead atoms. The predicted molar refractivity (Wildman–Crippen MR) is 90.2 cm³/mol. The van der Waals surface area contributed by atoms with Gasteiger partial charge in [0.1, 0.15) is 0 Å². The minimum Gasteiger partial charge on any atom is -0.370 e. The van der Waals surface area contributed by atoms with E-state index in [1.807, 2.05) is 17.0 Å². The largest absolute Gasteiger partial charge is 0.370 e. The molecule has 1 N–H and O–H groups in total. The normalized spacial score (nSPS) is 28.0. The highest BCUT2D eigenvalue weighted by atomic mass is 16.5. The molecule has 2 aliphatic heterocycles. The van der Waals surface area contributed by atoms with Gasteiger partial charge in [0, 0.05) is 26.2 Å². The third kappa shape index (κ3) is 2.52. The second kappa shape index (κ2) is 5.95. The van der Waals surface area contributed by atoms with E-state index >= 15 is 0 Å². The molecule has 0 saturated carbocycles. The number of nitrogens with one attached hydrogen (secondary N) is 1. The van der Waals surface area contributed by atoms with Crippen molar-refractivity contribution >= 4 is 16.7 Å². The number of hydrogen-bond acceptors (Lipinski definition) is 3. The lowest BCUT2D eigenvalue weighted by Gasteiger charge is -2.26. The van der Waals surface area contributed by atoms with Crippen LogP contribution in [0.25, 0.3) is 10.8 Å². The molecule has 120 valence electrons. The summed E-state index contributed by atoms with van der Waals surface area (Å²) >= 11 is 0. The van der Waals surface area contributed by atoms with Crippen molar-refractivity contribution in [1.29, 1.82) is 0 Å². The maximum atomic E-state index is 12.9. The Kier molecular flexibility index (Phi) is 3.79. The molecule has 4 rings (SSSR count). The Morgan fingerprint density at radius 3 is 2.83 bits per heavy atom. The average molecular weight is 310 g/mol. The molecular formula is C19H22N2O2. The Labute approximate surface area is 136 Å². The van der Waals surface area contributed by atoms with Gasteiger partial charge in [-0.2, -0.15) is 0 Å². The monoisotopic (exact) mass is 310 g/mol. The van der Waals surface area contributed by atoms with Crippen LogP contribution in [0.5, 0.6) is 0 Å². The third-order valence-electron chi connectivity index (χ3n) is 5.17. The van der Waals surface area contributed by atoms with Crippen LogP contribution in [0.15, 0.2) is 42.5 Å². The van der Waals surface area contributed by atoms with Gasteiger partial charge in [-0.15, -0.1) is 0 Å². The van der Waals surface area contributed by atoms with Crippen LogP contribution < -0.4 is 5.32 Å². The first kappa shape index (κ1) is 14.7. The number of carbonyl (C=O) groups excluding carboxylic acids is 1. The summed E-state index contributed by atoms with van der Waals surface area (Å²) in [5.41, 5.74) is 1.12. The lowest BCUT2D eigenvalue weighted by molar-refractivity contribution is -0.142. The summed E-state index contributed by atoms with van der Waals surface area (Å²) in [6.07, 6.45) is 1.72. The van der Waals surface area contributed by atoms with Gasteiger partial charge in [-0.3, -0.25) is 4.79 Å². The van der Waals surface area contributed by atoms with Gasteiger partial charge in [-0.25, -0.2) is 0 Å². The fourth-order valence-electron chi connectivity index (χ4n) is 3.94. The Morgan fingerprint density at radius 2 is 2.00 bits per heavy atom. The highest BCUT2D eigenvalue weighted by Crippen LogP contribution is 2.30. The molecule has 4 nitrogen and oxygen atoms in total. The zero-order chi connectivity index (χ0) is 15.8. The van der Waals surface area contributed by atoms with E-state index in [9.17, 15) is 4.79 Å². The topological polar surface area (TPSA) is 41.6 Å². The van der Waals surface area contributed by atoms with Crippen LogP contribution >= 0.6 is 0 Å². The van der Waals surface area contributed by atoms with Gasteiger partial charge in [-0.05, 0) is 35.2 Å². The summed E-state index contributed by atoms with van der Waals surface area (Å²) in [5, 5.41) is 5.99. The van der Waals surface area contributed by atoms with Gasteiger partial charge in [0.15, 0.2) is 6.10 Å². The molecular weight excluding hydrogens is 288 g/mol. The predicted octanol–water partition coefficient (Wildman–Crippen LogP) is 2.49. The maximum Gasteiger partial charge on any atom is 0.253 e. The van der Waals surface area contributed by atoms with Crippen molar-refractivity contribution in [2.24, 2.45) is 0 Å². The highest BCUT2D eigenvalue weighted by molar-refractivity contribution is 5.85. The summed E-state index contributed by atoms with van der Waals surface area (Å²) in [4.78, 5) is 14.9. The molecule has 0 radical (unpaired) electrons. The molecule has 2 heterocycles. The summed E-state index contributed by atoms with van der Waals surface area (Å²) in [7, 11) is 1.63. The fraction of sp³-hybridized carbons (Fsp3) is 0.421. The van der Waals surface area contributed by atoms with Gasteiger partial charge in [0.05, 0.1) is 6.04 Å². The van der Waals surface area contributed by atoms with E-state index < -0.39 is 6.10 Å². The first-order valence-electron chi connectivity index (χ1n) is 8.33. The number of benzene rings is 2. The molecule has 2 aliphatic rings. The SMILES string of the molecule is CO[C@H]1C(=O)N2CCC[C@H]2CN[C@H]1c1ccc2ccccc2c1. The van der Waals surface area contributed by atoms with E-state index in [0.717, 1.165) is 31.5 Å². The zero-order valence-electron chi connectivity index (χ0n) is 13.4. The number of rotatable bonds is 2. The zero-order valence-corrected chi connectivity index (χ0v) is 13.4. The third-order valence-corrected chi connectivity index (χ3v) is 5.17. The summed E-state index contributed by atoms with van der Waals surface area (Å²) in [6, 6.07) is 14.9. The van der Waals surface area contributed by atoms with E-state index in [2.05, 4.69) is 35.6 Å². The van der Waals surface area contributed by atoms with E-state index in [-0.39, 0.29) is 11.9 Å². The Bertz CT molecular complexity index is 730.